The summed E-state index contributed by atoms with van der Waals surface area (Å²) in [6.45, 7) is 4.46. The van der Waals surface area contributed by atoms with E-state index >= 15 is 0 Å². The summed E-state index contributed by atoms with van der Waals surface area (Å²) in [6, 6.07) is 9.90. The van der Waals surface area contributed by atoms with Crippen molar-refractivity contribution >= 4 is 12.1 Å². The average molecular weight is 340 g/mol. The molecule has 0 unspecified atom stereocenters. The largest absolute Gasteiger partial charge is 0.508 e. The molecule has 0 aliphatic carbocycles. The van der Waals surface area contributed by atoms with Gasteiger partial charge >= 0.3 is 0 Å². The van der Waals surface area contributed by atoms with Crippen LogP contribution < -0.4 is 14.9 Å². The number of rotatable bonds is 5. The van der Waals surface area contributed by atoms with Crippen LogP contribution in [0.2, 0.25) is 0 Å². The Morgan fingerprint density at radius 3 is 3.04 bits per heavy atom. The number of benzene rings is 2. The molecule has 1 amide bonds. The normalized spacial score (nSPS) is 15.7. The molecule has 0 spiro atoms. The zero-order valence-corrected chi connectivity index (χ0v) is 14.2. The lowest BCUT2D eigenvalue weighted by Crippen LogP contribution is -2.17. The molecule has 1 atom stereocenters. The zero-order chi connectivity index (χ0) is 17.8. The molecule has 6 heteroatoms. The number of nitrogens with zero attached hydrogens (tertiary/aromatic N) is 1. The number of fused-ring (bicyclic) bond motifs is 1. The third-order valence-electron chi connectivity index (χ3n) is 3.81. The van der Waals surface area contributed by atoms with E-state index in [0.717, 1.165) is 23.3 Å². The van der Waals surface area contributed by atoms with E-state index in [1.165, 1.54) is 18.3 Å². The molecule has 1 aliphatic heterocycles. The highest BCUT2D eigenvalue weighted by Gasteiger charge is 2.21. The van der Waals surface area contributed by atoms with Gasteiger partial charge in [0, 0.05) is 23.1 Å². The van der Waals surface area contributed by atoms with Gasteiger partial charge in [-0.2, -0.15) is 5.10 Å². The second-order valence-electron chi connectivity index (χ2n) is 5.81. The van der Waals surface area contributed by atoms with Crippen LogP contribution in [-0.4, -0.2) is 29.9 Å². The molecule has 1 aliphatic rings. The standard InChI is InChI=1S/C19H20N2O4/c1-3-24-17-9-14-7-12(2)25-18(14)10-15(17)11-20-21-19(23)13-5-4-6-16(22)8-13/h4-6,8-12,22H,3,7H2,1-2H3,(H,21,23)/b20-11-/t12-/m1/s1. The molecule has 2 N–H and O–H groups in total. The van der Waals surface area contributed by atoms with Gasteiger partial charge in [-0.1, -0.05) is 6.07 Å². The van der Waals surface area contributed by atoms with E-state index in [9.17, 15) is 9.90 Å². The Morgan fingerprint density at radius 2 is 2.28 bits per heavy atom. The van der Waals surface area contributed by atoms with Crippen LogP contribution >= 0.6 is 0 Å². The number of hydrogen-bond donors (Lipinski definition) is 2. The molecule has 0 aromatic heterocycles. The van der Waals surface area contributed by atoms with Gasteiger partial charge in [-0.05, 0) is 44.2 Å². The highest BCUT2D eigenvalue weighted by atomic mass is 16.5. The van der Waals surface area contributed by atoms with Crippen molar-refractivity contribution in [3.63, 3.8) is 0 Å². The molecule has 6 nitrogen and oxygen atoms in total. The smallest absolute Gasteiger partial charge is 0.271 e. The highest BCUT2D eigenvalue weighted by Crippen LogP contribution is 2.34. The first-order chi connectivity index (χ1) is 12.1. The van der Waals surface area contributed by atoms with Crippen LogP contribution in [0.4, 0.5) is 0 Å². The third-order valence-corrected chi connectivity index (χ3v) is 3.81. The summed E-state index contributed by atoms with van der Waals surface area (Å²) < 4.78 is 11.4. The number of carbonyl (C=O) groups excluding carboxylic acids is 1. The van der Waals surface area contributed by atoms with Crippen LogP contribution in [0, 0.1) is 0 Å². The Labute approximate surface area is 146 Å². The van der Waals surface area contributed by atoms with Crippen LogP contribution in [0.3, 0.4) is 0 Å². The maximum absolute atomic E-state index is 12.0. The van der Waals surface area contributed by atoms with Crippen molar-refractivity contribution in [3.8, 4) is 17.2 Å². The molecule has 1 heterocycles. The van der Waals surface area contributed by atoms with Crippen molar-refractivity contribution in [3.05, 3.63) is 53.1 Å². The molecule has 2 aromatic rings. The maximum atomic E-state index is 12.0. The molecular weight excluding hydrogens is 320 g/mol. The van der Waals surface area contributed by atoms with Gasteiger partial charge in [-0.15, -0.1) is 0 Å². The Bertz CT molecular complexity index is 817. The SMILES string of the molecule is CCOc1cc2c(cc1/C=N\NC(=O)c1cccc(O)c1)O[C@H](C)C2. The predicted molar refractivity (Wildman–Crippen MR) is 94.6 cm³/mol. The molecule has 0 radical (unpaired) electrons. The summed E-state index contributed by atoms with van der Waals surface area (Å²) >= 11 is 0. The van der Waals surface area contributed by atoms with Crippen molar-refractivity contribution in [2.45, 2.75) is 26.4 Å². The first-order valence-corrected chi connectivity index (χ1v) is 8.15. The van der Waals surface area contributed by atoms with Crippen LogP contribution in [0.5, 0.6) is 17.2 Å². The van der Waals surface area contributed by atoms with Crippen LogP contribution in [0.15, 0.2) is 41.5 Å². The van der Waals surface area contributed by atoms with E-state index in [4.69, 9.17) is 9.47 Å². The van der Waals surface area contributed by atoms with E-state index < -0.39 is 5.91 Å². The number of amides is 1. The number of hydrogen-bond acceptors (Lipinski definition) is 5. The second-order valence-corrected chi connectivity index (χ2v) is 5.81. The summed E-state index contributed by atoms with van der Waals surface area (Å²) in [5.74, 6) is 1.14. The van der Waals surface area contributed by atoms with Gasteiger partial charge in [0.2, 0.25) is 0 Å². The second kappa shape index (κ2) is 7.25. The highest BCUT2D eigenvalue weighted by molar-refractivity contribution is 5.95. The number of hydrazone groups is 1. The van der Waals surface area contributed by atoms with Crippen LogP contribution in [-0.2, 0) is 6.42 Å². The summed E-state index contributed by atoms with van der Waals surface area (Å²) in [7, 11) is 0. The molecule has 0 saturated heterocycles. The predicted octanol–water partition coefficient (Wildman–Crippen LogP) is 2.88. The number of nitrogens with one attached hydrogen (secondary N) is 1. The third kappa shape index (κ3) is 3.91. The summed E-state index contributed by atoms with van der Waals surface area (Å²) in [4.78, 5) is 12.0. The fraction of sp³-hybridized carbons (Fsp3) is 0.263. The molecule has 3 rings (SSSR count). The quantitative estimate of drug-likeness (QED) is 0.648. The van der Waals surface area contributed by atoms with Crippen molar-refractivity contribution in [2.24, 2.45) is 5.10 Å². The fourth-order valence-electron chi connectivity index (χ4n) is 2.71. The van der Waals surface area contributed by atoms with Crippen molar-refractivity contribution < 1.29 is 19.4 Å². The number of phenols is 1. The summed E-state index contributed by atoms with van der Waals surface area (Å²) in [6.07, 6.45) is 2.52. The van der Waals surface area contributed by atoms with E-state index in [1.807, 2.05) is 26.0 Å². The van der Waals surface area contributed by atoms with Gasteiger partial charge in [0.1, 0.15) is 23.4 Å². The van der Waals surface area contributed by atoms with E-state index in [1.54, 1.807) is 12.1 Å². The summed E-state index contributed by atoms with van der Waals surface area (Å²) in [5, 5.41) is 13.4. The van der Waals surface area contributed by atoms with Gasteiger partial charge in [-0.3, -0.25) is 4.79 Å². The van der Waals surface area contributed by atoms with Crippen molar-refractivity contribution in [1.29, 1.82) is 0 Å². The minimum absolute atomic E-state index is 0.0279. The first-order valence-electron chi connectivity index (χ1n) is 8.15. The maximum Gasteiger partial charge on any atom is 0.271 e. The molecule has 0 saturated carbocycles. The van der Waals surface area contributed by atoms with Gasteiger partial charge in [0.15, 0.2) is 0 Å². The Balaban J connectivity index is 1.76. The number of carbonyl (C=O) groups is 1. The van der Waals surface area contributed by atoms with E-state index in [0.29, 0.717) is 17.9 Å². The minimum atomic E-state index is -0.406. The van der Waals surface area contributed by atoms with Gasteiger partial charge in [-0.25, -0.2) is 5.43 Å². The number of ether oxygens (including phenoxy) is 2. The fourth-order valence-corrected chi connectivity index (χ4v) is 2.71. The molecular formula is C19H20N2O4. The topological polar surface area (TPSA) is 80.2 Å². The Kier molecular flexibility index (Phi) is 4.88. The molecule has 2 aromatic carbocycles. The monoisotopic (exact) mass is 340 g/mol. The van der Waals surface area contributed by atoms with Gasteiger partial charge < -0.3 is 14.6 Å². The Morgan fingerprint density at radius 1 is 1.44 bits per heavy atom. The van der Waals surface area contributed by atoms with E-state index in [2.05, 4.69) is 10.5 Å². The van der Waals surface area contributed by atoms with Gasteiger partial charge in [0.25, 0.3) is 5.91 Å². The molecule has 25 heavy (non-hydrogen) atoms. The molecule has 0 fully saturated rings. The van der Waals surface area contributed by atoms with Gasteiger partial charge in [0.05, 0.1) is 12.8 Å². The number of aromatic hydroxyl groups is 1. The minimum Gasteiger partial charge on any atom is -0.508 e. The zero-order valence-electron chi connectivity index (χ0n) is 14.2. The first kappa shape index (κ1) is 16.8. The lowest BCUT2D eigenvalue weighted by atomic mass is 10.1. The summed E-state index contributed by atoms with van der Waals surface area (Å²) in [5.41, 5.74) is 4.61. The van der Waals surface area contributed by atoms with Crippen molar-refractivity contribution in [2.75, 3.05) is 6.61 Å². The lowest BCUT2D eigenvalue weighted by molar-refractivity contribution is 0.0954. The van der Waals surface area contributed by atoms with Crippen molar-refractivity contribution in [1.82, 2.24) is 5.43 Å². The van der Waals surface area contributed by atoms with Crippen LogP contribution in [0.1, 0.15) is 35.3 Å². The van der Waals surface area contributed by atoms with Crippen LogP contribution in [0.25, 0.3) is 0 Å². The lowest BCUT2D eigenvalue weighted by Gasteiger charge is -2.09. The Hall–Kier alpha value is -3.02. The average Bonchev–Trinajstić information content (AvgIpc) is 2.94. The number of phenolic OH excluding ortho intramolecular Hbond substituents is 1. The van der Waals surface area contributed by atoms with E-state index in [-0.39, 0.29) is 11.9 Å². The molecule has 0 bridgehead atoms. The molecule has 130 valence electrons.